The van der Waals surface area contributed by atoms with Gasteiger partial charge in [-0.15, -0.1) is 0 Å². The molecule has 5 nitrogen and oxygen atoms in total. The van der Waals surface area contributed by atoms with Gasteiger partial charge in [0.2, 0.25) is 0 Å². The van der Waals surface area contributed by atoms with E-state index in [2.05, 4.69) is 4.72 Å². The monoisotopic (exact) mass is 361 g/mol. The van der Waals surface area contributed by atoms with E-state index in [4.69, 9.17) is 27.9 Å². The summed E-state index contributed by atoms with van der Waals surface area (Å²) in [6.45, 7) is 1.73. The summed E-state index contributed by atoms with van der Waals surface area (Å²) in [5, 5.41) is 10.3. The van der Waals surface area contributed by atoms with Gasteiger partial charge in [0.05, 0.1) is 12.8 Å². The van der Waals surface area contributed by atoms with Crippen LogP contribution in [-0.4, -0.2) is 20.6 Å². The highest BCUT2D eigenvalue weighted by atomic mass is 35.5. The SMILES string of the molecule is COc1cc(C)c(Cl)cc1S(=O)(=O)Nc1cc(Cl)ccc1O. The van der Waals surface area contributed by atoms with Crippen LogP contribution in [0.25, 0.3) is 0 Å². The van der Waals surface area contributed by atoms with Gasteiger partial charge in [-0.25, -0.2) is 8.42 Å². The van der Waals surface area contributed by atoms with E-state index in [1.165, 1.54) is 37.4 Å². The minimum absolute atomic E-state index is 0.0359. The van der Waals surface area contributed by atoms with Gasteiger partial charge in [-0.05, 0) is 42.8 Å². The van der Waals surface area contributed by atoms with Crippen LogP contribution in [0.4, 0.5) is 5.69 Å². The summed E-state index contributed by atoms with van der Waals surface area (Å²) in [4.78, 5) is -0.134. The van der Waals surface area contributed by atoms with Crippen molar-refractivity contribution in [2.75, 3.05) is 11.8 Å². The predicted octanol–water partition coefficient (Wildman–Crippen LogP) is 3.82. The molecule has 2 aromatic carbocycles. The van der Waals surface area contributed by atoms with Crippen molar-refractivity contribution in [3.63, 3.8) is 0 Å². The van der Waals surface area contributed by atoms with E-state index in [0.29, 0.717) is 5.56 Å². The van der Waals surface area contributed by atoms with Crippen LogP contribution in [0.3, 0.4) is 0 Å². The summed E-state index contributed by atoms with van der Waals surface area (Å²) < 4.78 is 32.4. The highest BCUT2D eigenvalue weighted by Gasteiger charge is 2.22. The molecule has 22 heavy (non-hydrogen) atoms. The fourth-order valence-corrected chi connectivity index (χ4v) is 3.44. The molecule has 0 aliphatic heterocycles. The summed E-state index contributed by atoms with van der Waals surface area (Å²) in [7, 11) is -2.65. The molecule has 0 aliphatic carbocycles. The molecule has 2 rings (SSSR count). The Hall–Kier alpha value is -1.63. The average Bonchev–Trinajstić information content (AvgIpc) is 2.45. The zero-order valence-electron chi connectivity index (χ0n) is 11.7. The van der Waals surface area contributed by atoms with Gasteiger partial charge < -0.3 is 9.84 Å². The molecule has 0 amide bonds. The zero-order valence-corrected chi connectivity index (χ0v) is 14.1. The van der Waals surface area contributed by atoms with Crippen LogP contribution in [0.1, 0.15) is 5.56 Å². The van der Waals surface area contributed by atoms with Crippen molar-refractivity contribution in [3.05, 3.63) is 45.9 Å². The molecule has 0 aliphatic rings. The number of ether oxygens (including phenoxy) is 1. The van der Waals surface area contributed by atoms with Crippen molar-refractivity contribution in [1.29, 1.82) is 0 Å². The number of halogens is 2. The molecule has 0 aromatic heterocycles. The van der Waals surface area contributed by atoms with E-state index in [1.807, 2.05) is 0 Å². The quantitative estimate of drug-likeness (QED) is 0.811. The molecule has 0 spiro atoms. The Bertz CT molecular complexity index is 822. The van der Waals surface area contributed by atoms with Gasteiger partial charge in [0.15, 0.2) is 0 Å². The van der Waals surface area contributed by atoms with Crippen molar-refractivity contribution >= 4 is 38.9 Å². The van der Waals surface area contributed by atoms with Crippen molar-refractivity contribution in [2.45, 2.75) is 11.8 Å². The second kappa shape index (κ2) is 6.24. The maximum atomic E-state index is 12.5. The Morgan fingerprint density at radius 1 is 1.18 bits per heavy atom. The van der Waals surface area contributed by atoms with Gasteiger partial charge in [-0.2, -0.15) is 0 Å². The Morgan fingerprint density at radius 3 is 2.50 bits per heavy atom. The van der Waals surface area contributed by atoms with Crippen LogP contribution < -0.4 is 9.46 Å². The molecule has 8 heteroatoms. The summed E-state index contributed by atoms with van der Waals surface area (Å²) in [5.41, 5.74) is 0.648. The molecule has 2 aromatic rings. The first-order valence-electron chi connectivity index (χ1n) is 6.10. The fourth-order valence-electron chi connectivity index (χ4n) is 1.80. The third-order valence-corrected chi connectivity index (χ3v) is 4.97. The molecule has 0 bridgehead atoms. The van der Waals surface area contributed by atoms with Gasteiger partial charge in [-0.3, -0.25) is 4.72 Å². The van der Waals surface area contributed by atoms with Crippen LogP contribution >= 0.6 is 23.2 Å². The summed E-state index contributed by atoms with van der Waals surface area (Å²) in [6, 6.07) is 6.85. The Morgan fingerprint density at radius 2 is 1.86 bits per heavy atom. The molecule has 0 atom stereocenters. The first kappa shape index (κ1) is 16.7. The summed E-state index contributed by atoms with van der Waals surface area (Å²) in [5.74, 6) is -0.0962. The second-order valence-corrected chi connectivity index (χ2v) is 7.01. The van der Waals surface area contributed by atoms with E-state index in [9.17, 15) is 13.5 Å². The lowest BCUT2D eigenvalue weighted by Gasteiger charge is -2.14. The number of hydrogen-bond donors (Lipinski definition) is 2. The van der Waals surface area contributed by atoms with Gasteiger partial charge in [0.25, 0.3) is 10.0 Å². The fraction of sp³-hybridized carbons (Fsp3) is 0.143. The molecular formula is C14H13Cl2NO4S. The molecule has 0 radical (unpaired) electrons. The lowest BCUT2D eigenvalue weighted by molar-refractivity contribution is 0.402. The number of anilines is 1. The Balaban J connectivity index is 2.51. The lowest BCUT2D eigenvalue weighted by Crippen LogP contribution is -2.14. The van der Waals surface area contributed by atoms with E-state index in [0.717, 1.165) is 0 Å². The number of aromatic hydroxyl groups is 1. The first-order valence-corrected chi connectivity index (χ1v) is 8.34. The van der Waals surface area contributed by atoms with E-state index in [-0.39, 0.29) is 32.1 Å². The number of rotatable bonds is 4. The summed E-state index contributed by atoms with van der Waals surface area (Å²) >= 11 is 11.8. The minimum Gasteiger partial charge on any atom is -0.506 e. The molecular weight excluding hydrogens is 349 g/mol. The van der Waals surface area contributed by atoms with Crippen molar-refractivity contribution < 1.29 is 18.3 Å². The van der Waals surface area contributed by atoms with Gasteiger partial charge >= 0.3 is 0 Å². The topological polar surface area (TPSA) is 75.6 Å². The molecule has 0 fully saturated rings. The smallest absolute Gasteiger partial charge is 0.265 e. The normalized spacial score (nSPS) is 11.3. The molecule has 2 N–H and O–H groups in total. The predicted molar refractivity (Wildman–Crippen MR) is 86.7 cm³/mol. The van der Waals surface area contributed by atoms with Gasteiger partial charge in [-0.1, -0.05) is 23.2 Å². The number of benzene rings is 2. The Labute approximate surface area is 138 Å². The number of aryl methyl sites for hydroxylation is 1. The highest BCUT2D eigenvalue weighted by molar-refractivity contribution is 7.92. The molecule has 118 valence electrons. The van der Waals surface area contributed by atoms with Crippen LogP contribution in [0.5, 0.6) is 11.5 Å². The highest BCUT2D eigenvalue weighted by Crippen LogP contribution is 2.33. The first-order chi connectivity index (χ1) is 10.2. The summed E-state index contributed by atoms with van der Waals surface area (Å²) in [6.07, 6.45) is 0. The number of phenols is 1. The number of methoxy groups -OCH3 is 1. The van der Waals surface area contributed by atoms with Gasteiger partial charge in [0.1, 0.15) is 16.4 Å². The lowest BCUT2D eigenvalue weighted by atomic mass is 10.2. The minimum atomic E-state index is -4.01. The number of phenolic OH excluding ortho intramolecular Hbond substituents is 1. The standard InChI is InChI=1S/C14H13Cl2NO4S/c1-8-5-13(21-2)14(7-10(8)16)22(19,20)17-11-6-9(15)3-4-12(11)18/h3-7,17-18H,1-2H3. The van der Waals surface area contributed by atoms with Crippen LogP contribution in [-0.2, 0) is 10.0 Å². The third-order valence-electron chi connectivity index (χ3n) is 2.94. The largest absolute Gasteiger partial charge is 0.506 e. The van der Waals surface area contributed by atoms with Crippen molar-refractivity contribution in [3.8, 4) is 11.5 Å². The maximum absolute atomic E-state index is 12.5. The number of hydrogen-bond acceptors (Lipinski definition) is 4. The number of nitrogens with one attached hydrogen (secondary N) is 1. The second-order valence-electron chi connectivity index (χ2n) is 4.52. The zero-order chi connectivity index (χ0) is 16.5. The van der Waals surface area contributed by atoms with Crippen LogP contribution in [0.2, 0.25) is 10.0 Å². The molecule has 0 saturated heterocycles. The van der Waals surface area contributed by atoms with E-state index >= 15 is 0 Å². The van der Waals surface area contributed by atoms with Crippen LogP contribution in [0.15, 0.2) is 35.2 Å². The average molecular weight is 362 g/mol. The molecule has 0 saturated carbocycles. The van der Waals surface area contributed by atoms with Crippen molar-refractivity contribution in [2.24, 2.45) is 0 Å². The third kappa shape index (κ3) is 3.40. The van der Waals surface area contributed by atoms with E-state index < -0.39 is 10.0 Å². The van der Waals surface area contributed by atoms with Crippen molar-refractivity contribution in [1.82, 2.24) is 0 Å². The Kier molecular flexibility index (Phi) is 4.75. The molecule has 0 heterocycles. The maximum Gasteiger partial charge on any atom is 0.265 e. The molecule has 0 unspecified atom stereocenters. The van der Waals surface area contributed by atoms with Gasteiger partial charge in [0, 0.05) is 10.0 Å². The van der Waals surface area contributed by atoms with Crippen LogP contribution in [0, 0.1) is 6.92 Å². The number of sulfonamides is 1. The van der Waals surface area contributed by atoms with E-state index in [1.54, 1.807) is 6.92 Å².